The highest BCUT2D eigenvalue weighted by molar-refractivity contribution is 7.54. The normalized spacial score (nSPS) is 14.0. The van der Waals surface area contributed by atoms with Crippen LogP contribution in [-0.2, 0) is 14.5 Å². The lowest BCUT2D eigenvalue weighted by Gasteiger charge is -2.26. The maximum Gasteiger partial charge on any atom is 0.379 e. The Hall–Kier alpha value is -1.57. The molecule has 0 amide bonds. The van der Waals surface area contributed by atoms with Gasteiger partial charge in [0.05, 0.1) is 12.8 Å². The number of hydrogen-bond acceptors (Lipinski definition) is 3. The zero-order chi connectivity index (χ0) is 21.3. The molecule has 2 aromatic rings. The molecule has 0 aliphatic rings. The Morgan fingerprint density at radius 1 is 0.931 bits per heavy atom. The van der Waals surface area contributed by atoms with Gasteiger partial charge in [-0.2, -0.15) is 0 Å². The van der Waals surface area contributed by atoms with Crippen molar-refractivity contribution in [3.63, 3.8) is 0 Å². The first kappa shape index (κ1) is 23.7. The third-order valence-corrected chi connectivity index (χ3v) is 7.24. The van der Waals surface area contributed by atoms with Crippen LogP contribution in [0.5, 0.6) is 5.75 Å². The van der Waals surface area contributed by atoms with Crippen molar-refractivity contribution in [1.82, 2.24) is 0 Å². The van der Waals surface area contributed by atoms with Crippen molar-refractivity contribution in [3.8, 4) is 5.75 Å². The summed E-state index contributed by atoms with van der Waals surface area (Å²) in [5.74, 6) is 1.23. The average molecular weight is 417 g/mol. The van der Waals surface area contributed by atoms with Crippen LogP contribution in [0, 0.1) is 5.92 Å². The van der Waals surface area contributed by atoms with Crippen molar-refractivity contribution in [2.45, 2.75) is 65.7 Å². The molecule has 0 aliphatic heterocycles. The fraction of sp³-hybridized carbons (Fsp3) is 0.520. The van der Waals surface area contributed by atoms with E-state index in [9.17, 15) is 4.57 Å². The Morgan fingerprint density at radius 2 is 1.55 bits per heavy atom. The van der Waals surface area contributed by atoms with E-state index in [0.29, 0.717) is 24.4 Å². The summed E-state index contributed by atoms with van der Waals surface area (Å²) in [6.07, 6.45) is 4.23. The van der Waals surface area contributed by atoms with Crippen LogP contribution in [-0.4, -0.2) is 12.8 Å². The standard InChI is InChI=1S/C25H37O3P/c1-6-7-20-29(26,27-19-11-12-21(2)3)28-24-17-15-23(16-18-24)25(4,5)22-13-9-8-10-14-22/h8-10,13-18,21H,6-7,11-12,19-20H2,1-5H3. The predicted molar refractivity (Wildman–Crippen MR) is 123 cm³/mol. The molecule has 0 fully saturated rings. The highest BCUT2D eigenvalue weighted by Gasteiger charge is 2.27. The third-order valence-electron chi connectivity index (χ3n) is 5.32. The van der Waals surface area contributed by atoms with Crippen molar-refractivity contribution in [2.75, 3.05) is 12.8 Å². The second kappa shape index (κ2) is 11.0. The van der Waals surface area contributed by atoms with Gasteiger partial charge in [0.15, 0.2) is 0 Å². The molecule has 1 unspecified atom stereocenters. The zero-order valence-corrected chi connectivity index (χ0v) is 19.6. The van der Waals surface area contributed by atoms with Gasteiger partial charge in [-0.15, -0.1) is 0 Å². The fourth-order valence-corrected chi connectivity index (χ4v) is 5.12. The highest BCUT2D eigenvalue weighted by atomic mass is 31.2. The molecule has 0 spiro atoms. The molecule has 0 N–H and O–H groups in total. The average Bonchev–Trinajstić information content (AvgIpc) is 2.71. The van der Waals surface area contributed by atoms with Crippen LogP contribution >= 0.6 is 7.60 Å². The molecule has 2 rings (SSSR count). The van der Waals surface area contributed by atoms with Crippen molar-refractivity contribution >= 4 is 7.60 Å². The number of hydrogen-bond donors (Lipinski definition) is 0. The number of rotatable bonds is 12. The van der Waals surface area contributed by atoms with Gasteiger partial charge in [0.2, 0.25) is 0 Å². The van der Waals surface area contributed by atoms with E-state index in [1.54, 1.807) is 0 Å². The highest BCUT2D eigenvalue weighted by Crippen LogP contribution is 2.49. The lowest BCUT2D eigenvalue weighted by atomic mass is 9.78. The molecule has 0 saturated carbocycles. The molecule has 0 bridgehead atoms. The van der Waals surface area contributed by atoms with Crippen LogP contribution < -0.4 is 4.52 Å². The van der Waals surface area contributed by atoms with Gasteiger partial charge >= 0.3 is 7.60 Å². The van der Waals surface area contributed by atoms with Crippen molar-refractivity contribution in [2.24, 2.45) is 5.92 Å². The first-order valence-electron chi connectivity index (χ1n) is 10.9. The number of benzene rings is 2. The summed E-state index contributed by atoms with van der Waals surface area (Å²) in [6, 6.07) is 18.4. The van der Waals surface area contributed by atoms with Gasteiger partial charge in [-0.1, -0.05) is 83.5 Å². The Bertz CT molecular complexity index is 766. The molecule has 0 heterocycles. The van der Waals surface area contributed by atoms with Gasteiger partial charge in [0.25, 0.3) is 0 Å². The fourth-order valence-electron chi connectivity index (χ4n) is 3.30. The lowest BCUT2D eigenvalue weighted by Crippen LogP contribution is -2.18. The van der Waals surface area contributed by atoms with Gasteiger partial charge in [-0.05, 0) is 48.4 Å². The minimum atomic E-state index is -3.13. The topological polar surface area (TPSA) is 35.5 Å². The van der Waals surface area contributed by atoms with Gasteiger partial charge in [0, 0.05) is 5.41 Å². The van der Waals surface area contributed by atoms with E-state index in [2.05, 4.69) is 71.0 Å². The summed E-state index contributed by atoms with van der Waals surface area (Å²) < 4.78 is 24.9. The third kappa shape index (κ3) is 7.32. The molecule has 0 aliphatic carbocycles. The molecule has 3 nitrogen and oxygen atoms in total. The van der Waals surface area contributed by atoms with Crippen molar-refractivity contribution in [3.05, 3.63) is 65.7 Å². The first-order valence-corrected chi connectivity index (χ1v) is 12.6. The minimum absolute atomic E-state index is 0.112. The van der Waals surface area contributed by atoms with Gasteiger partial charge in [-0.25, -0.2) is 4.57 Å². The maximum absolute atomic E-state index is 13.2. The van der Waals surface area contributed by atoms with Crippen LogP contribution in [0.25, 0.3) is 0 Å². The van der Waals surface area contributed by atoms with E-state index in [0.717, 1.165) is 25.7 Å². The van der Waals surface area contributed by atoms with E-state index >= 15 is 0 Å². The Kier molecular flexibility index (Phi) is 8.99. The van der Waals surface area contributed by atoms with Crippen LogP contribution in [0.1, 0.15) is 71.4 Å². The molecular weight excluding hydrogens is 379 g/mol. The lowest BCUT2D eigenvalue weighted by molar-refractivity contribution is 0.253. The van der Waals surface area contributed by atoms with Crippen LogP contribution in [0.4, 0.5) is 0 Å². The molecule has 0 radical (unpaired) electrons. The van der Waals surface area contributed by atoms with E-state index in [1.807, 2.05) is 18.2 Å². The molecule has 1 atom stereocenters. The first-order chi connectivity index (χ1) is 13.8. The van der Waals surface area contributed by atoms with E-state index in [4.69, 9.17) is 9.05 Å². The van der Waals surface area contributed by atoms with Crippen LogP contribution in [0.15, 0.2) is 54.6 Å². The molecule has 2 aromatic carbocycles. The molecular formula is C25H37O3P. The number of unbranched alkanes of at least 4 members (excludes halogenated alkanes) is 1. The predicted octanol–water partition coefficient (Wildman–Crippen LogP) is 7.84. The summed E-state index contributed by atoms with van der Waals surface area (Å²) in [4.78, 5) is 0. The molecule has 4 heteroatoms. The second-order valence-corrected chi connectivity index (χ2v) is 10.8. The Labute approximate surface area is 177 Å². The van der Waals surface area contributed by atoms with E-state index in [1.165, 1.54) is 11.1 Å². The van der Waals surface area contributed by atoms with E-state index < -0.39 is 7.60 Å². The monoisotopic (exact) mass is 416 g/mol. The summed E-state index contributed by atoms with van der Waals surface area (Å²) in [6.45, 7) is 11.4. The quantitative estimate of drug-likeness (QED) is 0.261. The largest absolute Gasteiger partial charge is 0.424 e. The Balaban J connectivity index is 2.08. The second-order valence-electron chi connectivity index (χ2n) is 8.66. The molecule has 0 saturated heterocycles. The van der Waals surface area contributed by atoms with Crippen molar-refractivity contribution in [1.29, 1.82) is 0 Å². The summed E-state index contributed by atoms with van der Waals surface area (Å²) >= 11 is 0. The summed E-state index contributed by atoms with van der Waals surface area (Å²) in [5.41, 5.74) is 2.34. The van der Waals surface area contributed by atoms with Gasteiger partial charge in [-0.3, -0.25) is 4.52 Å². The van der Waals surface area contributed by atoms with E-state index in [-0.39, 0.29) is 5.41 Å². The summed E-state index contributed by atoms with van der Waals surface area (Å²) in [7, 11) is -3.13. The summed E-state index contributed by atoms with van der Waals surface area (Å²) in [5, 5.41) is 0. The van der Waals surface area contributed by atoms with Crippen LogP contribution in [0.3, 0.4) is 0 Å². The smallest absolute Gasteiger partial charge is 0.379 e. The minimum Gasteiger partial charge on any atom is -0.424 e. The Morgan fingerprint density at radius 3 is 2.14 bits per heavy atom. The zero-order valence-electron chi connectivity index (χ0n) is 18.7. The SMILES string of the molecule is CCCCP(=O)(OCCCC(C)C)Oc1ccc(C(C)(C)c2ccccc2)cc1. The van der Waals surface area contributed by atoms with Crippen LogP contribution in [0.2, 0.25) is 0 Å². The van der Waals surface area contributed by atoms with Gasteiger partial charge in [0.1, 0.15) is 5.75 Å². The maximum atomic E-state index is 13.2. The molecule has 160 valence electrons. The molecule has 0 aromatic heterocycles. The van der Waals surface area contributed by atoms with Gasteiger partial charge < -0.3 is 4.52 Å². The molecule has 29 heavy (non-hydrogen) atoms. The van der Waals surface area contributed by atoms with Crippen molar-refractivity contribution < 1.29 is 13.6 Å².